The zero-order valence-corrected chi connectivity index (χ0v) is 25.1. The fourth-order valence-electron chi connectivity index (χ4n) is 4.44. The highest BCUT2D eigenvalue weighted by Gasteiger charge is 2.30. The van der Waals surface area contributed by atoms with Crippen LogP contribution in [0.3, 0.4) is 0 Å². The molecule has 224 valence electrons. The summed E-state index contributed by atoms with van der Waals surface area (Å²) in [6.45, 7) is 2.42. The molecule has 0 heterocycles. The van der Waals surface area contributed by atoms with Crippen LogP contribution in [0.2, 0.25) is 0 Å². The standard InChI is InChI=1S/C31H59NO6/c1-5-6-7-8-9-10-11-12-13-14-15-16-17-18-19-20-21-22-23-30(34)38-27-28(33)26-37-25-24-29(31(35)36)32(2,3)4/h15-16,28-29,33H,5-14,17-27H2,1-4H3/p+1/b16-15+. The number of hydrogen-bond donors (Lipinski definition) is 2. The molecule has 0 spiro atoms. The van der Waals surface area contributed by atoms with E-state index in [1.54, 1.807) is 0 Å². The highest BCUT2D eigenvalue weighted by Crippen LogP contribution is 2.12. The van der Waals surface area contributed by atoms with E-state index in [1.165, 1.54) is 77.0 Å². The molecule has 7 heteroatoms. The van der Waals surface area contributed by atoms with Gasteiger partial charge in [0.25, 0.3) is 0 Å². The molecule has 0 aliphatic carbocycles. The summed E-state index contributed by atoms with van der Waals surface area (Å²) in [6.07, 6.45) is 24.6. The van der Waals surface area contributed by atoms with Crippen molar-refractivity contribution in [3.63, 3.8) is 0 Å². The number of carboxylic acid groups (broad SMARTS) is 1. The van der Waals surface area contributed by atoms with E-state index in [-0.39, 0.29) is 25.8 Å². The summed E-state index contributed by atoms with van der Waals surface area (Å²) in [7, 11) is 5.47. The number of likely N-dealkylation sites (N-methyl/N-ethyl adjacent to an activating group) is 1. The molecule has 0 aromatic heterocycles. The summed E-state index contributed by atoms with van der Waals surface area (Å²) in [5.74, 6) is -1.16. The third-order valence-electron chi connectivity index (χ3n) is 6.90. The third kappa shape index (κ3) is 23.7. The summed E-state index contributed by atoms with van der Waals surface area (Å²) >= 11 is 0. The largest absolute Gasteiger partial charge is 0.477 e. The van der Waals surface area contributed by atoms with Crippen LogP contribution in [0.15, 0.2) is 12.2 Å². The Bertz CT molecular complexity index is 602. The molecule has 2 atom stereocenters. The minimum absolute atomic E-state index is 0.0183. The molecule has 0 radical (unpaired) electrons. The Hall–Kier alpha value is -1.44. The van der Waals surface area contributed by atoms with E-state index in [0.717, 1.165) is 25.7 Å². The van der Waals surface area contributed by atoms with Gasteiger partial charge in [-0.2, -0.15) is 0 Å². The molecule has 0 fully saturated rings. The van der Waals surface area contributed by atoms with Gasteiger partial charge in [-0.25, -0.2) is 4.79 Å². The lowest BCUT2D eigenvalue weighted by Crippen LogP contribution is -2.50. The lowest BCUT2D eigenvalue weighted by Gasteiger charge is -2.31. The van der Waals surface area contributed by atoms with E-state index in [1.807, 2.05) is 21.1 Å². The fraction of sp³-hybridized carbons (Fsp3) is 0.871. The molecule has 0 saturated heterocycles. The van der Waals surface area contributed by atoms with Crippen molar-refractivity contribution in [3.8, 4) is 0 Å². The van der Waals surface area contributed by atoms with E-state index in [4.69, 9.17) is 9.47 Å². The smallest absolute Gasteiger partial charge is 0.362 e. The van der Waals surface area contributed by atoms with Gasteiger partial charge in [-0.15, -0.1) is 0 Å². The van der Waals surface area contributed by atoms with Crippen LogP contribution in [0.1, 0.15) is 122 Å². The third-order valence-corrected chi connectivity index (χ3v) is 6.90. The number of esters is 1. The van der Waals surface area contributed by atoms with Gasteiger partial charge < -0.3 is 24.2 Å². The Labute approximate surface area is 233 Å². The first kappa shape index (κ1) is 36.6. The van der Waals surface area contributed by atoms with Gasteiger partial charge in [0, 0.05) is 12.8 Å². The van der Waals surface area contributed by atoms with E-state index >= 15 is 0 Å². The number of carbonyl (C=O) groups excluding carboxylic acids is 1. The number of aliphatic hydroxyl groups excluding tert-OH is 1. The average Bonchev–Trinajstić information content (AvgIpc) is 2.85. The predicted octanol–water partition coefficient (Wildman–Crippen LogP) is 6.66. The second kappa shape index (κ2) is 24.6. The van der Waals surface area contributed by atoms with Gasteiger partial charge in [-0.1, -0.05) is 89.7 Å². The lowest BCUT2D eigenvalue weighted by molar-refractivity contribution is -0.887. The molecule has 0 rings (SSSR count). The number of carbonyl (C=O) groups is 2. The van der Waals surface area contributed by atoms with Gasteiger partial charge in [0.05, 0.1) is 34.4 Å². The van der Waals surface area contributed by atoms with E-state index in [2.05, 4.69) is 19.1 Å². The summed E-state index contributed by atoms with van der Waals surface area (Å²) in [5.41, 5.74) is 0. The summed E-state index contributed by atoms with van der Waals surface area (Å²) in [4.78, 5) is 23.2. The van der Waals surface area contributed by atoms with Gasteiger partial charge in [0.1, 0.15) is 12.7 Å². The highest BCUT2D eigenvalue weighted by molar-refractivity contribution is 5.72. The molecule has 0 saturated carbocycles. The van der Waals surface area contributed by atoms with Gasteiger partial charge >= 0.3 is 11.9 Å². The van der Waals surface area contributed by atoms with Crippen LogP contribution in [0.5, 0.6) is 0 Å². The number of nitrogens with zero attached hydrogens (tertiary/aromatic N) is 1. The SMILES string of the molecule is CCCCCCCCCCC/C=C/CCCCCCCC(=O)OCC(O)COCCC(C(=O)O)[N+](C)(C)C. The minimum Gasteiger partial charge on any atom is -0.477 e. The zero-order valence-electron chi connectivity index (χ0n) is 25.1. The maximum Gasteiger partial charge on any atom is 0.362 e. The topological polar surface area (TPSA) is 93.1 Å². The molecule has 0 bridgehead atoms. The number of aliphatic carboxylic acids is 1. The number of ether oxygens (including phenoxy) is 2. The number of unbranched alkanes of at least 4 members (excludes halogenated alkanes) is 14. The maximum absolute atomic E-state index is 11.9. The summed E-state index contributed by atoms with van der Waals surface area (Å²) in [6, 6.07) is -0.573. The quantitative estimate of drug-likeness (QED) is 0.0521. The first-order valence-electron chi connectivity index (χ1n) is 15.3. The average molecular weight is 543 g/mol. The molecule has 0 aliphatic heterocycles. The highest BCUT2D eigenvalue weighted by atomic mass is 16.5. The van der Waals surface area contributed by atoms with E-state index < -0.39 is 18.1 Å². The van der Waals surface area contributed by atoms with Crippen LogP contribution in [0, 0.1) is 0 Å². The Morgan fingerprint density at radius 1 is 0.763 bits per heavy atom. The molecular weight excluding hydrogens is 482 g/mol. The number of rotatable bonds is 27. The number of allylic oxidation sites excluding steroid dienone is 2. The van der Waals surface area contributed by atoms with Crippen LogP contribution in [-0.4, -0.2) is 79.7 Å². The molecule has 38 heavy (non-hydrogen) atoms. The van der Waals surface area contributed by atoms with Crippen molar-refractivity contribution >= 4 is 11.9 Å². The molecule has 0 aliphatic rings. The second-order valence-electron chi connectivity index (χ2n) is 11.6. The van der Waals surface area contributed by atoms with Gasteiger partial charge in [-0.05, 0) is 32.1 Å². The number of quaternary nitrogens is 1. The Morgan fingerprint density at radius 3 is 1.76 bits per heavy atom. The van der Waals surface area contributed by atoms with Crippen LogP contribution in [0.4, 0.5) is 0 Å². The molecular formula is C31H60NO6+. The number of aliphatic hydroxyl groups is 1. The van der Waals surface area contributed by atoms with Gasteiger partial charge in [0.2, 0.25) is 0 Å². The molecule has 2 unspecified atom stereocenters. The molecule has 0 aromatic rings. The van der Waals surface area contributed by atoms with Crippen molar-refractivity contribution in [2.24, 2.45) is 0 Å². The van der Waals surface area contributed by atoms with Crippen LogP contribution in [-0.2, 0) is 19.1 Å². The first-order valence-corrected chi connectivity index (χ1v) is 15.3. The van der Waals surface area contributed by atoms with Crippen molar-refractivity contribution in [1.29, 1.82) is 0 Å². The normalized spacial score (nSPS) is 13.6. The zero-order chi connectivity index (χ0) is 28.5. The number of carboxylic acids is 1. The van der Waals surface area contributed by atoms with Crippen LogP contribution >= 0.6 is 0 Å². The van der Waals surface area contributed by atoms with Crippen molar-refractivity contribution in [2.75, 3.05) is 41.0 Å². The van der Waals surface area contributed by atoms with Crippen LogP contribution in [0.25, 0.3) is 0 Å². The predicted molar refractivity (Wildman–Crippen MR) is 155 cm³/mol. The van der Waals surface area contributed by atoms with Crippen LogP contribution < -0.4 is 0 Å². The monoisotopic (exact) mass is 542 g/mol. The number of hydrogen-bond acceptors (Lipinski definition) is 5. The molecule has 0 aromatic carbocycles. The van der Waals surface area contributed by atoms with E-state index in [0.29, 0.717) is 17.3 Å². The fourth-order valence-corrected chi connectivity index (χ4v) is 4.44. The Morgan fingerprint density at radius 2 is 1.26 bits per heavy atom. The van der Waals surface area contributed by atoms with Gasteiger partial charge in [-0.3, -0.25) is 4.79 Å². The lowest BCUT2D eigenvalue weighted by atomic mass is 10.1. The van der Waals surface area contributed by atoms with Crippen molar-refractivity contribution in [2.45, 2.75) is 135 Å². The second-order valence-corrected chi connectivity index (χ2v) is 11.6. The van der Waals surface area contributed by atoms with Crippen molar-refractivity contribution in [3.05, 3.63) is 12.2 Å². The van der Waals surface area contributed by atoms with E-state index in [9.17, 15) is 19.8 Å². The molecule has 7 nitrogen and oxygen atoms in total. The van der Waals surface area contributed by atoms with Gasteiger partial charge in [0.15, 0.2) is 6.04 Å². The molecule has 0 amide bonds. The Kier molecular flexibility index (Phi) is 23.7. The Balaban J connectivity index is 3.51. The van der Waals surface area contributed by atoms with Crippen molar-refractivity contribution < 1.29 is 33.8 Å². The van der Waals surface area contributed by atoms with Crippen molar-refractivity contribution in [1.82, 2.24) is 0 Å². The summed E-state index contributed by atoms with van der Waals surface area (Å²) < 4.78 is 10.8. The summed E-state index contributed by atoms with van der Waals surface area (Å²) in [5, 5.41) is 19.2. The minimum atomic E-state index is -0.903. The first-order chi connectivity index (χ1) is 18.2. The molecule has 2 N–H and O–H groups in total. The maximum atomic E-state index is 11.9.